The van der Waals surface area contributed by atoms with Crippen LogP contribution in [0.1, 0.15) is 226 Å². The lowest BCUT2D eigenvalue weighted by molar-refractivity contribution is -0.301. The fraction of sp³-hybridized carbons (Fsp3) is 0.729. The Morgan fingerprint density at radius 2 is 0.915 bits per heavy atom. The first-order valence-electron chi connectivity index (χ1n) is 27.9. The number of carboxylic acids is 1. The number of rotatable bonds is 46. The molecule has 0 aromatic carbocycles. The van der Waals surface area contributed by atoms with Crippen LogP contribution in [0.15, 0.2) is 72.9 Å². The van der Waals surface area contributed by atoms with Crippen molar-refractivity contribution >= 4 is 23.9 Å². The second kappa shape index (κ2) is 47.2. The Hall–Kier alpha value is -3.84. The SMILES string of the molecule is CC/C=C\C/C=C\C/C=C\C/C=C\CCC(=O)OC1C(OCC(COC(=O)CCCCCCCCC/C=C\C/C=C\CCCCC)OC(=O)CCCCCCCCCCCCC)OC(C(=O)O)C(O)C1O. The van der Waals surface area contributed by atoms with Gasteiger partial charge < -0.3 is 39.0 Å². The molecule has 0 aliphatic carbocycles. The van der Waals surface area contributed by atoms with E-state index in [0.717, 1.165) is 77.0 Å². The van der Waals surface area contributed by atoms with Gasteiger partial charge in [-0.25, -0.2) is 4.79 Å². The minimum absolute atomic E-state index is 0.0621. The molecule has 0 saturated carbocycles. The Bertz CT molecular complexity index is 1510. The Labute approximate surface area is 429 Å². The molecule has 1 rings (SSSR count). The third-order valence-electron chi connectivity index (χ3n) is 12.3. The van der Waals surface area contributed by atoms with E-state index in [4.69, 9.17) is 23.7 Å². The number of hydrogen-bond acceptors (Lipinski definition) is 11. The van der Waals surface area contributed by atoms with E-state index in [0.29, 0.717) is 25.7 Å². The number of esters is 3. The summed E-state index contributed by atoms with van der Waals surface area (Å²) in [7, 11) is 0. The van der Waals surface area contributed by atoms with Gasteiger partial charge >= 0.3 is 23.9 Å². The monoisotopic (exact) mass is 999 g/mol. The summed E-state index contributed by atoms with van der Waals surface area (Å²) < 4.78 is 28.2. The summed E-state index contributed by atoms with van der Waals surface area (Å²) >= 11 is 0. The number of ether oxygens (including phenoxy) is 5. The van der Waals surface area contributed by atoms with E-state index >= 15 is 0 Å². The van der Waals surface area contributed by atoms with Gasteiger partial charge in [0, 0.05) is 19.3 Å². The molecule has 1 fully saturated rings. The van der Waals surface area contributed by atoms with Gasteiger partial charge in [-0.1, -0.05) is 203 Å². The summed E-state index contributed by atoms with van der Waals surface area (Å²) in [6.07, 6.45) is 46.1. The molecule has 12 nitrogen and oxygen atoms in total. The second-order valence-corrected chi connectivity index (χ2v) is 18.8. The summed E-state index contributed by atoms with van der Waals surface area (Å²) in [5.41, 5.74) is 0. The maximum Gasteiger partial charge on any atom is 0.335 e. The predicted octanol–water partition coefficient (Wildman–Crippen LogP) is 13.8. The summed E-state index contributed by atoms with van der Waals surface area (Å²) in [6, 6.07) is 0. The van der Waals surface area contributed by atoms with Crippen molar-refractivity contribution in [1.82, 2.24) is 0 Å². The van der Waals surface area contributed by atoms with Crippen LogP contribution in [0, 0.1) is 0 Å². The number of carboxylic acid groups (broad SMARTS) is 1. The minimum Gasteiger partial charge on any atom is -0.479 e. The van der Waals surface area contributed by atoms with E-state index in [1.165, 1.54) is 83.5 Å². The van der Waals surface area contributed by atoms with Crippen molar-refractivity contribution in [3.8, 4) is 0 Å². The number of aliphatic carboxylic acids is 1. The Kier molecular flexibility index (Phi) is 43.3. The Balaban J connectivity index is 2.73. The summed E-state index contributed by atoms with van der Waals surface area (Å²) in [5, 5.41) is 31.3. The van der Waals surface area contributed by atoms with Gasteiger partial charge in [0.25, 0.3) is 0 Å². The van der Waals surface area contributed by atoms with E-state index in [1.807, 2.05) is 18.2 Å². The third-order valence-corrected chi connectivity index (χ3v) is 12.3. The molecule has 406 valence electrons. The molecule has 1 saturated heterocycles. The second-order valence-electron chi connectivity index (χ2n) is 18.8. The number of unbranched alkanes of at least 4 members (excludes halogenated alkanes) is 20. The van der Waals surface area contributed by atoms with Gasteiger partial charge in [-0.3, -0.25) is 14.4 Å². The van der Waals surface area contributed by atoms with Crippen LogP contribution in [0.25, 0.3) is 0 Å². The molecule has 6 unspecified atom stereocenters. The lowest BCUT2D eigenvalue weighted by atomic mass is 9.98. The summed E-state index contributed by atoms with van der Waals surface area (Å²) in [6.45, 7) is 5.79. The van der Waals surface area contributed by atoms with Crippen molar-refractivity contribution in [2.45, 2.75) is 263 Å². The van der Waals surface area contributed by atoms with Crippen molar-refractivity contribution in [2.24, 2.45) is 0 Å². The molecule has 1 aliphatic heterocycles. The first-order valence-corrected chi connectivity index (χ1v) is 27.9. The number of carbonyl (C=O) groups excluding carboxylic acids is 3. The molecule has 0 radical (unpaired) electrons. The van der Waals surface area contributed by atoms with Crippen molar-refractivity contribution in [2.75, 3.05) is 13.2 Å². The average Bonchev–Trinajstić information content (AvgIpc) is 3.35. The molecular formula is C59H98O12. The van der Waals surface area contributed by atoms with Gasteiger partial charge in [0.1, 0.15) is 18.8 Å². The summed E-state index contributed by atoms with van der Waals surface area (Å²) in [4.78, 5) is 50.9. The van der Waals surface area contributed by atoms with Crippen LogP contribution < -0.4 is 0 Å². The van der Waals surface area contributed by atoms with Crippen LogP contribution in [0.2, 0.25) is 0 Å². The smallest absolute Gasteiger partial charge is 0.335 e. The van der Waals surface area contributed by atoms with E-state index in [1.54, 1.807) is 0 Å². The van der Waals surface area contributed by atoms with E-state index in [2.05, 4.69) is 75.5 Å². The zero-order chi connectivity index (χ0) is 51.8. The number of carbonyl (C=O) groups is 4. The highest BCUT2D eigenvalue weighted by Crippen LogP contribution is 2.26. The van der Waals surface area contributed by atoms with Crippen molar-refractivity contribution in [1.29, 1.82) is 0 Å². The first-order chi connectivity index (χ1) is 34.6. The lowest BCUT2D eigenvalue weighted by Crippen LogP contribution is -2.61. The zero-order valence-electron chi connectivity index (χ0n) is 44.4. The highest BCUT2D eigenvalue weighted by atomic mass is 16.7. The quantitative estimate of drug-likeness (QED) is 0.0228. The molecule has 3 N–H and O–H groups in total. The van der Waals surface area contributed by atoms with Crippen LogP contribution >= 0.6 is 0 Å². The van der Waals surface area contributed by atoms with Crippen molar-refractivity contribution in [3.63, 3.8) is 0 Å². The van der Waals surface area contributed by atoms with Crippen LogP contribution in [-0.4, -0.2) is 89.2 Å². The number of aliphatic hydroxyl groups excluding tert-OH is 2. The number of allylic oxidation sites excluding steroid dienone is 12. The van der Waals surface area contributed by atoms with Crippen LogP contribution in [0.5, 0.6) is 0 Å². The Morgan fingerprint density at radius 1 is 0.479 bits per heavy atom. The molecule has 12 heteroatoms. The lowest BCUT2D eigenvalue weighted by Gasteiger charge is -2.40. The fourth-order valence-corrected chi connectivity index (χ4v) is 8.00. The maximum absolute atomic E-state index is 13.1. The van der Waals surface area contributed by atoms with Crippen molar-refractivity contribution in [3.05, 3.63) is 72.9 Å². The highest BCUT2D eigenvalue weighted by Gasteiger charge is 2.50. The molecule has 0 bridgehead atoms. The number of aliphatic hydroxyl groups is 2. The van der Waals surface area contributed by atoms with Gasteiger partial charge in [-0.05, 0) is 77.0 Å². The predicted molar refractivity (Wildman–Crippen MR) is 285 cm³/mol. The van der Waals surface area contributed by atoms with Gasteiger partial charge in [0.15, 0.2) is 24.6 Å². The van der Waals surface area contributed by atoms with E-state index < -0.39 is 67.3 Å². The van der Waals surface area contributed by atoms with E-state index in [-0.39, 0.29) is 25.9 Å². The molecule has 0 spiro atoms. The highest BCUT2D eigenvalue weighted by molar-refractivity contribution is 5.74. The van der Waals surface area contributed by atoms with Crippen LogP contribution in [0.4, 0.5) is 0 Å². The molecular weight excluding hydrogens is 901 g/mol. The molecule has 0 amide bonds. The standard InChI is InChI=1S/C59H98O12/c1-4-7-10-13-16-19-22-24-25-26-27-29-31-33-36-39-42-45-51(60)67-48-50(69-52(61)46-43-40-37-34-30-21-18-15-12-9-6-3)49-68-59-57(55(64)54(63)56(71-59)58(65)66)70-53(62)47-44-41-38-35-32-28-23-20-17-14-11-8-5-2/h8,11,16-17,19-20,24-25,28,32,38,41,50,54-57,59,63-64H,4-7,9-10,12-15,18,21-23,26-27,29-31,33-37,39-40,42-49H2,1-3H3,(H,65,66)/b11-8-,19-16-,20-17-,25-24-,32-28-,41-38-. The van der Waals surface area contributed by atoms with Gasteiger partial charge in [0.2, 0.25) is 0 Å². The van der Waals surface area contributed by atoms with Gasteiger partial charge in [-0.2, -0.15) is 0 Å². The molecule has 1 aliphatic rings. The molecule has 0 aromatic rings. The Morgan fingerprint density at radius 3 is 1.44 bits per heavy atom. The fourth-order valence-electron chi connectivity index (χ4n) is 8.00. The van der Waals surface area contributed by atoms with Crippen molar-refractivity contribution < 1.29 is 58.2 Å². The first kappa shape index (κ1) is 65.2. The summed E-state index contributed by atoms with van der Waals surface area (Å²) in [5.74, 6) is -3.23. The topological polar surface area (TPSA) is 175 Å². The number of hydrogen-bond donors (Lipinski definition) is 3. The minimum atomic E-state index is -1.93. The maximum atomic E-state index is 13.1. The van der Waals surface area contributed by atoms with Gasteiger partial charge in [0.05, 0.1) is 6.61 Å². The average molecular weight is 999 g/mol. The zero-order valence-corrected chi connectivity index (χ0v) is 44.4. The third kappa shape index (κ3) is 37.6. The van der Waals surface area contributed by atoms with E-state index in [9.17, 15) is 34.5 Å². The molecule has 1 heterocycles. The molecule has 6 atom stereocenters. The normalized spacial score (nSPS) is 19.0. The van der Waals surface area contributed by atoms with Crippen LogP contribution in [-0.2, 0) is 42.9 Å². The molecule has 0 aromatic heterocycles. The molecule has 71 heavy (non-hydrogen) atoms. The largest absolute Gasteiger partial charge is 0.479 e. The van der Waals surface area contributed by atoms with Crippen LogP contribution in [0.3, 0.4) is 0 Å². The van der Waals surface area contributed by atoms with Gasteiger partial charge in [-0.15, -0.1) is 0 Å².